The van der Waals surface area contributed by atoms with Gasteiger partial charge in [-0.15, -0.1) is 0 Å². The van der Waals surface area contributed by atoms with E-state index in [1.807, 2.05) is 38.1 Å². The van der Waals surface area contributed by atoms with Gasteiger partial charge in [-0.1, -0.05) is 35.3 Å². The normalized spacial score (nSPS) is 10.5. The molecule has 0 saturated heterocycles. The van der Waals surface area contributed by atoms with Crippen LogP contribution >= 0.6 is 23.2 Å². The summed E-state index contributed by atoms with van der Waals surface area (Å²) in [5, 5.41) is 1.15. The summed E-state index contributed by atoms with van der Waals surface area (Å²) < 4.78 is 0. The van der Waals surface area contributed by atoms with Crippen LogP contribution in [0.15, 0.2) is 24.3 Å². The molecule has 0 amide bonds. The Morgan fingerprint density at radius 2 is 1.81 bits per heavy atom. The first-order valence-corrected chi connectivity index (χ1v) is 5.60. The molecule has 0 radical (unpaired) electrons. The van der Waals surface area contributed by atoms with E-state index in [1.54, 1.807) is 0 Å². The molecule has 0 atom stereocenters. The fourth-order valence-corrected chi connectivity index (χ4v) is 1.76. The summed E-state index contributed by atoms with van der Waals surface area (Å²) in [4.78, 5) is 8.63. The molecule has 1 aromatic heterocycles. The van der Waals surface area contributed by atoms with Crippen LogP contribution in [0.3, 0.4) is 0 Å². The highest BCUT2D eigenvalue weighted by Gasteiger charge is 2.07. The zero-order valence-corrected chi connectivity index (χ0v) is 10.5. The number of halogens is 2. The minimum absolute atomic E-state index is 0.488. The summed E-state index contributed by atoms with van der Waals surface area (Å²) in [5.74, 6) is 0.607. The van der Waals surface area contributed by atoms with Gasteiger partial charge in [0, 0.05) is 21.8 Å². The van der Waals surface area contributed by atoms with Gasteiger partial charge in [0.05, 0.1) is 0 Å². The molecule has 0 bridgehead atoms. The maximum Gasteiger partial charge on any atom is 0.161 e. The molecular formula is C12H10Cl2N2. The Balaban J connectivity index is 2.57. The molecule has 1 heterocycles. The fraction of sp³-hybridized carbons (Fsp3) is 0.167. The van der Waals surface area contributed by atoms with E-state index >= 15 is 0 Å². The number of nitrogens with zero attached hydrogens (tertiary/aromatic N) is 2. The van der Waals surface area contributed by atoms with Gasteiger partial charge in [0.15, 0.2) is 5.82 Å². The van der Waals surface area contributed by atoms with E-state index < -0.39 is 0 Å². The molecule has 0 aliphatic rings. The molecule has 1 aromatic carbocycles. The van der Waals surface area contributed by atoms with Crippen molar-refractivity contribution in [2.75, 3.05) is 0 Å². The first-order valence-electron chi connectivity index (χ1n) is 4.84. The van der Waals surface area contributed by atoms with Crippen LogP contribution in [-0.2, 0) is 0 Å². The average molecular weight is 253 g/mol. The SMILES string of the molecule is Cc1nc(-c2cccc(Cl)c2)nc(Cl)c1C. The third-order valence-corrected chi connectivity index (χ3v) is 3.02. The van der Waals surface area contributed by atoms with E-state index in [0.717, 1.165) is 16.8 Å². The third-order valence-electron chi connectivity index (χ3n) is 2.41. The number of benzene rings is 1. The van der Waals surface area contributed by atoms with Crippen LogP contribution in [0.5, 0.6) is 0 Å². The second kappa shape index (κ2) is 4.40. The Hall–Kier alpha value is -1.12. The lowest BCUT2D eigenvalue weighted by atomic mass is 10.2. The van der Waals surface area contributed by atoms with E-state index in [0.29, 0.717) is 16.0 Å². The van der Waals surface area contributed by atoms with Crippen LogP contribution in [0.2, 0.25) is 10.2 Å². The fourth-order valence-electron chi connectivity index (χ4n) is 1.35. The highest BCUT2D eigenvalue weighted by atomic mass is 35.5. The van der Waals surface area contributed by atoms with E-state index in [4.69, 9.17) is 23.2 Å². The smallest absolute Gasteiger partial charge is 0.161 e. The highest BCUT2D eigenvalue weighted by Crippen LogP contribution is 2.23. The average Bonchev–Trinajstić information content (AvgIpc) is 2.25. The van der Waals surface area contributed by atoms with Gasteiger partial charge in [0.25, 0.3) is 0 Å². The molecule has 0 fully saturated rings. The Kier molecular flexibility index (Phi) is 3.13. The van der Waals surface area contributed by atoms with Crippen LogP contribution < -0.4 is 0 Å². The molecule has 0 saturated carbocycles. The molecule has 0 aliphatic carbocycles. The third kappa shape index (κ3) is 2.18. The summed E-state index contributed by atoms with van der Waals surface area (Å²) in [7, 11) is 0. The summed E-state index contributed by atoms with van der Waals surface area (Å²) in [5.41, 5.74) is 2.67. The van der Waals surface area contributed by atoms with Crippen LogP contribution in [0.1, 0.15) is 11.3 Å². The van der Waals surface area contributed by atoms with Crippen molar-refractivity contribution in [3.63, 3.8) is 0 Å². The molecule has 16 heavy (non-hydrogen) atoms. The maximum atomic E-state index is 6.02. The first kappa shape index (κ1) is 11.4. The molecule has 0 N–H and O–H groups in total. The van der Waals surface area contributed by atoms with Gasteiger partial charge in [0.2, 0.25) is 0 Å². The molecule has 4 heteroatoms. The van der Waals surface area contributed by atoms with Gasteiger partial charge in [-0.2, -0.15) is 0 Å². The lowest BCUT2D eigenvalue weighted by Gasteiger charge is -2.06. The van der Waals surface area contributed by atoms with Crippen molar-refractivity contribution in [2.24, 2.45) is 0 Å². The summed E-state index contributed by atoms with van der Waals surface area (Å²) in [6.07, 6.45) is 0. The molecule has 82 valence electrons. The van der Waals surface area contributed by atoms with E-state index in [2.05, 4.69) is 9.97 Å². The standard InChI is InChI=1S/C12H10Cl2N2/c1-7-8(2)15-12(16-11(7)14)9-4-3-5-10(13)6-9/h3-6H,1-2H3. The number of aromatic nitrogens is 2. The van der Waals surface area contributed by atoms with Crippen molar-refractivity contribution < 1.29 is 0 Å². The molecule has 0 spiro atoms. The first-order chi connectivity index (χ1) is 7.58. The number of rotatable bonds is 1. The van der Waals surface area contributed by atoms with E-state index in [-0.39, 0.29) is 0 Å². The quantitative estimate of drug-likeness (QED) is 0.716. The predicted octanol–water partition coefficient (Wildman–Crippen LogP) is 4.07. The minimum Gasteiger partial charge on any atom is -0.233 e. The van der Waals surface area contributed by atoms with Crippen molar-refractivity contribution in [3.8, 4) is 11.4 Å². The minimum atomic E-state index is 0.488. The molecule has 0 aliphatic heterocycles. The number of hydrogen-bond donors (Lipinski definition) is 0. The summed E-state index contributed by atoms with van der Waals surface area (Å²) in [6.45, 7) is 3.82. The largest absolute Gasteiger partial charge is 0.233 e. The van der Waals surface area contributed by atoms with Crippen molar-refractivity contribution in [3.05, 3.63) is 45.7 Å². The zero-order chi connectivity index (χ0) is 11.7. The molecule has 0 unspecified atom stereocenters. The Morgan fingerprint density at radius 3 is 2.44 bits per heavy atom. The van der Waals surface area contributed by atoms with Crippen molar-refractivity contribution in [1.82, 2.24) is 9.97 Å². The van der Waals surface area contributed by atoms with Gasteiger partial charge >= 0.3 is 0 Å². The summed E-state index contributed by atoms with van der Waals surface area (Å²) >= 11 is 11.9. The lowest BCUT2D eigenvalue weighted by molar-refractivity contribution is 1.07. The zero-order valence-electron chi connectivity index (χ0n) is 8.96. The molecule has 2 nitrogen and oxygen atoms in total. The van der Waals surface area contributed by atoms with Gasteiger partial charge in [-0.05, 0) is 26.0 Å². The van der Waals surface area contributed by atoms with Gasteiger partial charge < -0.3 is 0 Å². The molecular weight excluding hydrogens is 243 g/mol. The van der Waals surface area contributed by atoms with Crippen LogP contribution in [0.4, 0.5) is 0 Å². The molecule has 2 rings (SSSR count). The summed E-state index contributed by atoms with van der Waals surface area (Å²) in [6, 6.07) is 7.41. The Labute approximate surface area is 104 Å². The van der Waals surface area contributed by atoms with Crippen LogP contribution in [0.25, 0.3) is 11.4 Å². The maximum absolute atomic E-state index is 6.02. The Bertz CT molecular complexity index is 515. The van der Waals surface area contributed by atoms with Gasteiger partial charge in [0.1, 0.15) is 5.15 Å². The van der Waals surface area contributed by atoms with Crippen molar-refractivity contribution >= 4 is 23.2 Å². The van der Waals surface area contributed by atoms with Gasteiger partial charge in [-0.25, -0.2) is 9.97 Å². The lowest BCUT2D eigenvalue weighted by Crippen LogP contribution is -1.96. The second-order valence-electron chi connectivity index (χ2n) is 3.56. The van der Waals surface area contributed by atoms with Crippen LogP contribution in [-0.4, -0.2) is 9.97 Å². The molecule has 2 aromatic rings. The monoisotopic (exact) mass is 252 g/mol. The predicted molar refractivity (Wildman–Crippen MR) is 67.0 cm³/mol. The van der Waals surface area contributed by atoms with E-state index in [9.17, 15) is 0 Å². The second-order valence-corrected chi connectivity index (χ2v) is 4.35. The van der Waals surface area contributed by atoms with Crippen molar-refractivity contribution in [2.45, 2.75) is 13.8 Å². The van der Waals surface area contributed by atoms with Crippen molar-refractivity contribution in [1.29, 1.82) is 0 Å². The van der Waals surface area contributed by atoms with E-state index in [1.165, 1.54) is 0 Å². The topological polar surface area (TPSA) is 25.8 Å². The number of hydrogen-bond acceptors (Lipinski definition) is 2. The van der Waals surface area contributed by atoms with Crippen LogP contribution in [0, 0.1) is 13.8 Å². The highest BCUT2D eigenvalue weighted by molar-refractivity contribution is 6.31. The number of aryl methyl sites for hydroxylation is 1. The Morgan fingerprint density at radius 1 is 1.06 bits per heavy atom. The van der Waals surface area contributed by atoms with Gasteiger partial charge in [-0.3, -0.25) is 0 Å².